The molecule has 3 heteroatoms. The first-order valence-electron chi connectivity index (χ1n) is 7.68. The number of fused-ring (bicyclic) bond motifs is 2. The number of para-hydroxylation sites is 1. The first-order valence-corrected chi connectivity index (χ1v) is 7.68. The Kier molecular flexibility index (Phi) is 3.17. The third-order valence-electron chi connectivity index (χ3n) is 4.81. The van der Waals surface area contributed by atoms with Gasteiger partial charge in [-0.15, -0.1) is 0 Å². The lowest BCUT2D eigenvalue weighted by atomic mass is 9.94. The predicted molar refractivity (Wildman–Crippen MR) is 81.5 cm³/mol. The Labute approximate surface area is 120 Å². The van der Waals surface area contributed by atoms with Crippen molar-refractivity contribution in [3.63, 3.8) is 0 Å². The van der Waals surface area contributed by atoms with Gasteiger partial charge in [0.2, 0.25) is 0 Å². The summed E-state index contributed by atoms with van der Waals surface area (Å²) in [5.41, 5.74) is 2.52. The largest absolute Gasteiger partial charge is 0.312 e. The Morgan fingerprint density at radius 1 is 1.20 bits per heavy atom. The number of piperidine rings is 1. The number of hydrogen-bond donors (Lipinski definition) is 1. The molecule has 3 nitrogen and oxygen atoms in total. The van der Waals surface area contributed by atoms with Crippen molar-refractivity contribution in [3.8, 4) is 0 Å². The molecular weight excluding hydrogens is 246 g/mol. The Morgan fingerprint density at radius 2 is 2.15 bits per heavy atom. The minimum Gasteiger partial charge on any atom is -0.312 e. The van der Waals surface area contributed by atoms with Crippen LogP contribution in [-0.2, 0) is 6.54 Å². The lowest BCUT2D eigenvalue weighted by Gasteiger charge is -2.24. The molecule has 2 fully saturated rings. The average Bonchev–Trinajstić information content (AvgIpc) is 2.90. The van der Waals surface area contributed by atoms with E-state index in [0.717, 1.165) is 24.0 Å². The van der Waals surface area contributed by atoms with Crippen molar-refractivity contribution < 1.29 is 0 Å². The molecule has 104 valence electrons. The van der Waals surface area contributed by atoms with Crippen LogP contribution in [0.25, 0.3) is 10.9 Å². The van der Waals surface area contributed by atoms with Crippen LogP contribution in [0.15, 0.2) is 36.5 Å². The smallest absolute Gasteiger partial charge is 0.0705 e. The Morgan fingerprint density at radius 3 is 3.10 bits per heavy atom. The van der Waals surface area contributed by atoms with Gasteiger partial charge < -0.3 is 5.32 Å². The number of benzene rings is 1. The first kappa shape index (κ1) is 12.3. The lowest BCUT2D eigenvalue weighted by Crippen LogP contribution is -2.40. The van der Waals surface area contributed by atoms with Gasteiger partial charge in [-0.05, 0) is 43.0 Å². The van der Waals surface area contributed by atoms with Crippen molar-refractivity contribution in [1.82, 2.24) is 15.2 Å². The highest BCUT2D eigenvalue weighted by atomic mass is 15.2. The molecule has 2 saturated heterocycles. The molecule has 1 N–H and O–H groups in total. The van der Waals surface area contributed by atoms with Crippen LogP contribution in [0.4, 0.5) is 0 Å². The molecule has 20 heavy (non-hydrogen) atoms. The zero-order valence-corrected chi connectivity index (χ0v) is 11.8. The number of nitrogens with one attached hydrogen (secondary N) is 1. The van der Waals surface area contributed by atoms with Gasteiger partial charge >= 0.3 is 0 Å². The van der Waals surface area contributed by atoms with Crippen LogP contribution in [0.3, 0.4) is 0 Å². The van der Waals surface area contributed by atoms with Gasteiger partial charge in [0.05, 0.1) is 5.52 Å². The molecule has 3 heterocycles. The van der Waals surface area contributed by atoms with Crippen molar-refractivity contribution in [3.05, 3.63) is 42.1 Å². The van der Waals surface area contributed by atoms with Crippen molar-refractivity contribution in [2.24, 2.45) is 5.92 Å². The quantitative estimate of drug-likeness (QED) is 0.905. The van der Waals surface area contributed by atoms with Gasteiger partial charge in [-0.2, -0.15) is 0 Å². The summed E-state index contributed by atoms with van der Waals surface area (Å²) in [6, 6.07) is 11.4. The molecule has 2 aliphatic heterocycles. The van der Waals surface area contributed by atoms with E-state index in [4.69, 9.17) is 0 Å². The van der Waals surface area contributed by atoms with E-state index in [1.807, 2.05) is 6.20 Å². The van der Waals surface area contributed by atoms with Crippen LogP contribution in [0, 0.1) is 5.92 Å². The minimum absolute atomic E-state index is 0.719. The zero-order valence-electron chi connectivity index (χ0n) is 11.8. The number of aromatic nitrogens is 1. The molecule has 0 bridgehead atoms. The molecule has 0 aliphatic carbocycles. The summed E-state index contributed by atoms with van der Waals surface area (Å²) < 4.78 is 0. The molecule has 2 aromatic rings. The fourth-order valence-corrected chi connectivity index (χ4v) is 3.80. The van der Waals surface area contributed by atoms with E-state index in [0.29, 0.717) is 0 Å². The molecule has 4 rings (SSSR count). The lowest BCUT2D eigenvalue weighted by molar-refractivity contribution is 0.313. The second kappa shape index (κ2) is 5.15. The van der Waals surface area contributed by atoms with Gasteiger partial charge in [-0.1, -0.05) is 18.2 Å². The molecule has 2 unspecified atom stereocenters. The van der Waals surface area contributed by atoms with Crippen molar-refractivity contribution >= 4 is 10.9 Å². The fraction of sp³-hybridized carbons (Fsp3) is 0.471. The summed E-state index contributed by atoms with van der Waals surface area (Å²) in [6.07, 6.45) is 4.68. The SMILES string of the molecule is c1ccc2c(CN3CC4CCCNC4C3)ccnc2c1. The summed E-state index contributed by atoms with van der Waals surface area (Å²) in [5, 5.41) is 4.98. The molecular formula is C17H21N3. The van der Waals surface area contributed by atoms with Crippen molar-refractivity contribution in [2.45, 2.75) is 25.4 Å². The van der Waals surface area contributed by atoms with E-state index in [-0.39, 0.29) is 0 Å². The fourth-order valence-electron chi connectivity index (χ4n) is 3.80. The summed E-state index contributed by atoms with van der Waals surface area (Å²) in [7, 11) is 0. The Bertz CT molecular complexity index is 591. The number of nitrogens with zero attached hydrogens (tertiary/aromatic N) is 2. The maximum atomic E-state index is 4.46. The highest BCUT2D eigenvalue weighted by Gasteiger charge is 2.33. The number of rotatable bonds is 2. The molecule has 2 atom stereocenters. The number of pyridine rings is 1. The van der Waals surface area contributed by atoms with Crippen LogP contribution in [-0.4, -0.2) is 35.6 Å². The molecule has 0 spiro atoms. The normalized spacial score (nSPS) is 26.8. The first-order chi connectivity index (χ1) is 9.90. The number of likely N-dealkylation sites (tertiary alicyclic amines) is 1. The monoisotopic (exact) mass is 267 g/mol. The summed E-state index contributed by atoms with van der Waals surface area (Å²) in [6.45, 7) is 4.69. The standard InChI is InChI=1S/C17H21N3/c1-2-6-16-15(5-1)13(7-9-19-16)10-20-11-14-4-3-8-18-17(14)12-20/h1-2,5-7,9,14,17-18H,3-4,8,10-12H2. The summed E-state index contributed by atoms with van der Waals surface area (Å²) >= 11 is 0. The highest BCUT2D eigenvalue weighted by Crippen LogP contribution is 2.27. The van der Waals surface area contributed by atoms with Crippen LogP contribution in [0.2, 0.25) is 0 Å². The van der Waals surface area contributed by atoms with Gasteiger partial charge in [0.25, 0.3) is 0 Å². The third-order valence-corrected chi connectivity index (χ3v) is 4.81. The van der Waals surface area contributed by atoms with Crippen molar-refractivity contribution in [2.75, 3.05) is 19.6 Å². The third kappa shape index (κ3) is 2.21. The maximum Gasteiger partial charge on any atom is 0.0705 e. The Hall–Kier alpha value is -1.45. The molecule has 0 saturated carbocycles. The van der Waals surface area contributed by atoms with Crippen LogP contribution < -0.4 is 5.32 Å². The van der Waals surface area contributed by atoms with Gasteiger partial charge in [-0.25, -0.2) is 0 Å². The van der Waals surface area contributed by atoms with Crippen molar-refractivity contribution in [1.29, 1.82) is 0 Å². The van der Waals surface area contributed by atoms with Gasteiger partial charge in [0, 0.05) is 37.3 Å². The topological polar surface area (TPSA) is 28.2 Å². The Balaban J connectivity index is 1.56. The van der Waals surface area contributed by atoms with Gasteiger partial charge in [-0.3, -0.25) is 9.88 Å². The van der Waals surface area contributed by atoms with Gasteiger partial charge in [0.1, 0.15) is 0 Å². The predicted octanol–water partition coefficient (Wildman–Crippen LogP) is 2.42. The summed E-state index contributed by atoms with van der Waals surface area (Å²) in [4.78, 5) is 7.06. The zero-order chi connectivity index (χ0) is 13.4. The molecule has 1 aromatic heterocycles. The van der Waals surface area contributed by atoms with Crippen LogP contribution >= 0.6 is 0 Å². The van der Waals surface area contributed by atoms with E-state index in [2.05, 4.69) is 45.5 Å². The van der Waals surface area contributed by atoms with Crippen LogP contribution in [0.5, 0.6) is 0 Å². The van der Waals surface area contributed by atoms with Gasteiger partial charge in [0.15, 0.2) is 0 Å². The van der Waals surface area contributed by atoms with E-state index in [9.17, 15) is 0 Å². The van der Waals surface area contributed by atoms with E-state index in [1.54, 1.807) is 0 Å². The molecule has 1 aromatic carbocycles. The average molecular weight is 267 g/mol. The molecule has 0 radical (unpaired) electrons. The van der Waals surface area contributed by atoms with E-state index >= 15 is 0 Å². The second-order valence-electron chi connectivity index (χ2n) is 6.14. The van der Waals surface area contributed by atoms with E-state index < -0.39 is 0 Å². The minimum atomic E-state index is 0.719. The summed E-state index contributed by atoms with van der Waals surface area (Å²) in [5.74, 6) is 0.858. The maximum absolute atomic E-state index is 4.46. The molecule has 0 amide bonds. The van der Waals surface area contributed by atoms with Crippen LogP contribution in [0.1, 0.15) is 18.4 Å². The molecule has 2 aliphatic rings. The second-order valence-corrected chi connectivity index (χ2v) is 6.14. The highest BCUT2D eigenvalue weighted by molar-refractivity contribution is 5.81. The van der Waals surface area contributed by atoms with E-state index in [1.165, 1.54) is 43.4 Å². The number of hydrogen-bond acceptors (Lipinski definition) is 3.